The molecule has 0 unspecified atom stereocenters. The minimum atomic E-state index is 0. The van der Waals surface area contributed by atoms with Crippen molar-refractivity contribution in [2.75, 3.05) is 11.9 Å². The molecule has 2 heterocycles. The Morgan fingerprint density at radius 3 is 3.13 bits per heavy atom. The molecule has 0 saturated heterocycles. The van der Waals surface area contributed by atoms with E-state index in [-0.39, 0.29) is 1.43 Å². The molecule has 1 aliphatic carbocycles. The van der Waals surface area contributed by atoms with Crippen LogP contribution in [0.5, 0.6) is 0 Å². The van der Waals surface area contributed by atoms with Gasteiger partial charge in [-0.1, -0.05) is 0 Å². The smallest absolute Gasteiger partial charge is 0.143 e. The van der Waals surface area contributed by atoms with E-state index in [1.165, 1.54) is 18.5 Å². The Labute approximate surface area is 89.6 Å². The number of hydrogen-bond donors (Lipinski definition) is 2. The average molecular weight is 204 g/mol. The van der Waals surface area contributed by atoms with E-state index in [2.05, 4.69) is 33.3 Å². The summed E-state index contributed by atoms with van der Waals surface area (Å²) >= 11 is 0. The number of nitrogens with one attached hydrogen (secondary N) is 2. The van der Waals surface area contributed by atoms with Gasteiger partial charge >= 0.3 is 0 Å². The average Bonchev–Trinajstić information content (AvgIpc) is 2.99. The number of rotatable bonds is 3. The lowest BCUT2D eigenvalue weighted by Gasteiger charge is -2.01. The van der Waals surface area contributed by atoms with Crippen molar-refractivity contribution >= 4 is 16.9 Å². The summed E-state index contributed by atoms with van der Waals surface area (Å²) in [6, 6.07) is 2.19. The monoisotopic (exact) mass is 204 g/mol. The summed E-state index contributed by atoms with van der Waals surface area (Å²) in [5, 5.41) is 4.36. The van der Waals surface area contributed by atoms with Gasteiger partial charge in [-0.2, -0.15) is 0 Å². The molecule has 0 spiro atoms. The highest BCUT2D eigenvalue weighted by Crippen LogP contribution is 2.40. The highest BCUT2D eigenvalue weighted by Gasteiger charge is 2.25. The first-order chi connectivity index (χ1) is 7.38. The molecule has 0 aliphatic heterocycles. The standard InChI is InChI=1S/C11H14N4.H2/c1-2-12-10-8-5-9(7-3-4-7)15-11(8)14-6-13-10;/h5-7H,2-4H2,1H3,(H2,12,13,14,15);1H. The Morgan fingerprint density at radius 2 is 2.40 bits per heavy atom. The summed E-state index contributed by atoms with van der Waals surface area (Å²) in [5.74, 6) is 1.67. The van der Waals surface area contributed by atoms with Crippen LogP contribution < -0.4 is 5.32 Å². The number of aromatic amines is 1. The van der Waals surface area contributed by atoms with Crippen molar-refractivity contribution in [1.29, 1.82) is 0 Å². The third-order valence-electron chi connectivity index (χ3n) is 2.81. The van der Waals surface area contributed by atoms with Crippen molar-refractivity contribution in [2.24, 2.45) is 0 Å². The molecule has 4 nitrogen and oxygen atoms in total. The third kappa shape index (κ3) is 1.46. The van der Waals surface area contributed by atoms with Gasteiger partial charge in [0, 0.05) is 13.7 Å². The predicted molar refractivity (Wildman–Crippen MR) is 62.1 cm³/mol. The van der Waals surface area contributed by atoms with Gasteiger partial charge in [-0.25, -0.2) is 9.97 Å². The second kappa shape index (κ2) is 3.22. The molecule has 2 aromatic rings. The minimum Gasteiger partial charge on any atom is -0.370 e. The number of H-pyrrole nitrogens is 1. The van der Waals surface area contributed by atoms with Gasteiger partial charge in [0.2, 0.25) is 0 Å². The van der Waals surface area contributed by atoms with E-state index in [1.807, 2.05) is 0 Å². The molecule has 0 radical (unpaired) electrons. The molecular weight excluding hydrogens is 188 g/mol. The zero-order valence-electron chi connectivity index (χ0n) is 8.75. The molecule has 15 heavy (non-hydrogen) atoms. The Hall–Kier alpha value is -1.58. The van der Waals surface area contributed by atoms with Gasteiger partial charge < -0.3 is 10.3 Å². The molecule has 3 rings (SSSR count). The maximum absolute atomic E-state index is 4.25. The predicted octanol–water partition coefficient (Wildman–Crippen LogP) is 2.51. The topological polar surface area (TPSA) is 53.6 Å². The fourth-order valence-electron chi connectivity index (χ4n) is 1.88. The second-order valence-corrected chi connectivity index (χ2v) is 4.01. The fourth-order valence-corrected chi connectivity index (χ4v) is 1.88. The molecule has 2 N–H and O–H groups in total. The van der Waals surface area contributed by atoms with E-state index in [9.17, 15) is 0 Å². The first-order valence-corrected chi connectivity index (χ1v) is 5.46. The minimum absolute atomic E-state index is 0. The lowest BCUT2D eigenvalue weighted by molar-refractivity contribution is 1.05. The van der Waals surface area contributed by atoms with Crippen LogP contribution in [-0.4, -0.2) is 21.5 Å². The van der Waals surface area contributed by atoms with Crippen molar-refractivity contribution in [1.82, 2.24) is 15.0 Å². The van der Waals surface area contributed by atoms with Crippen LogP contribution in [0.4, 0.5) is 5.82 Å². The van der Waals surface area contributed by atoms with Crippen LogP contribution in [-0.2, 0) is 0 Å². The second-order valence-electron chi connectivity index (χ2n) is 4.01. The Morgan fingerprint density at radius 1 is 1.53 bits per heavy atom. The Bertz CT molecular complexity index is 490. The van der Waals surface area contributed by atoms with Crippen LogP contribution in [0.3, 0.4) is 0 Å². The van der Waals surface area contributed by atoms with E-state index < -0.39 is 0 Å². The lowest BCUT2D eigenvalue weighted by Crippen LogP contribution is -1.99. The maximum atomic E-state index is 4.25. The van der Waals surface area contributed by atoms with Gasteiger partial charge in [0.15, 0.2) is 0 Å². The van der Waals surface area contributed by atoms with Crippen LogP contribution in [0.15, 0.2) is 12.4 Å². The SMILES string of the molecule is CCNc1ncnc2[nH]c(C3CC3)cc12.[HH]. The molecule has 0 amide bonds. The van der Waals surface area contributed by atoms with Crippen molar-refractivity contribution in [3.8, 4) is 0 Å². The Kier molecular flexibility index (Phi) is 1.87. The first kappa shape index (κ1) is 8.71. The molecule has 1 saturated carbocycles. The van der Waals surface area contributed by atoms with Crippen molar-refractivity contribution in [2.45, 2.75) is 25.7 Å². The molecule has 1 aliphatic rings. The van der Waals surface area contributed by atoms with Crippen molar-refractivity contribution in [3.63, 3.8) is 0 Å². The summed E-state index contributed by atoms with van der Waals surface area (Å²) in [6.07, 6.45) is 4.21. The number of hydrogen-bond acceptors (Lipinski definition) is 3. The molecule has 0 atom stereocenters. The van der Waals surface area contributed by atoms with E-state index in [0.29, 0.717) is 0 Å². The van der Waals surface area contributed by atoms with Gasteiger partial charge in [-0.15, -0.1) is 0 Å². The molecule has 2 aromatic heterocycles. The number of nitrogens with zero attached hydrogens (tertiary/aromatic N) is 2. The first-order valence-electron chi connectivity index (χ1n) is 5.46. The highest BCUT2D eigenvalue weighted by molar-refractivity contribution is 5.87. The highest BCUT2D eigenvalue weighted by atomic mass is 15.0. The van der Waals surface area contributed by atoms with E-state index in [4.69, 9.17) is 0 Å². The van der Waals surface area contributed by atoms with E-state index in [0.717, 1.165) is 29.3 Å². The number of fused-ring (bicyclic) bond motifs is 1. The third-order valence-corrected chi connectivity index (χ3v) is 2.81. The molecule has 0 aromatic carbocycles. The summed E-state index contributed by atoms with van der Waals surface area (Å²) in [7, 11) is 0. The zero-order valence-corrected chi connectivity index (χ0v) is 8.75. The van der Waals surface area contributed by atoms with Crippen LogP contribution >= 0.6 is 0 Å². The lowest BCUT2D eigenvalue weighted by atomic mass is 10.3. The van der Waals surface area contributed by atoms with Crippen LogP contribution in [0.25, 0.3) is 11.0 Å². The number of anilines is 1. The van der Waals surface area contributed by atoms with Gasteiger partial charge in [0.1, 0.15) is 17.8 Å². The van der Waals surface area contributed by atoms with Crippen molar-refractivity contribution in [3.05, 3.63) is 18.1 Å². The van der Waals surface area contributed by atoms with Crippen LogP contribution in [0.1, 0.15) is 32.8 Å². The van der Waals surface area contributed by atoms with Gasteiger partial charge in [0.25, 0.3) is 0 Å². The van der Waals surface area contributed by atoms with Gasteiger partial charge in [-0.3, -0.25) is 0 Å². The van der Waals surface area contributed by atoms with E-state index in [1.54, 1.807) is 6.33 Å². The summed E-state index contributed by atoms with van der Waals surface area (Å²) in [4.78, 5) is 11.9. The van der Waals surface area contributed by atoms with Crippen molar-refractivity contribution < 1.29 is 1.43 Å². The maximum Gasteiger partial charge on any atom is 0.143 e. The van der Waals surface area contributed by atoms with Crippen LogP contribution in [0.2, 0.25) is 0 Å². The summed E-state index contributed by atoms with van der Waals surface area (Å²) < 4.78 is 0. The Balaban J connectivity index is 0.000000963. The summed E-state index contributed by atoms with van der Waals surface area (Å²) in [6.45, 7) is 2.96. The quantitative estimate of drug-likeness (QED) is 0.807. The fraction of sp³-hybridized carbons (Fsp3) is 0.455. The van der Waals surface area contributed by atoms with Crippen LogP contribution in [0, 0.1) is 0 Å². The van der Waals surface area contributed by atoms with Gasteiger partial charge in [0.05, 0.1) is 5.39 Å². The van der Waals surface area contributed by atoms with Gasteiger partial charge in [-0.05, 0) is 31.7 Å². The molecular formula is C11H16N4. The van der Waals surface area contributed by atoms with E-state index >= 15 is 0 Å². The summed E-state index contributed by atoms with van der Waals surface area (Å²) in [5.41, 5.74) is 2.26. The molecule has 80 valence electrons. The number of aromatic nitrogens is 3. The molecule has 4 heteroatoms. The molecule has 0 bridgehead atoms. The molecule has 1 fully saturated rings. The normalized spacial score (nSPS) is 15.8. The largest absolute Gasteiger partial charge is 0.370 e. The zero-order chi connectivity index (χ0) is 10.3.